The molecule has 0 bridgehead atoms. The lowest BCUT2D eigenvalue weighted by atomic mass is 10.1. The first kappa shape index (κ1) is 41.0. The van der Waals surface area contributed by atoms with Gasteiger partial charge in [-0.1, -0.05) is 136 Å². The van der Waals surface area contributed by atoms with Crippen LogP contribution in [-0.2, 0) is 32.7 Å². The van der Waals surface area contributed by atoms with Crippen LogP contribution in [0.25, 0.3) is 0 Å². The number of hydrogen-bond donors (Lipinski definition) is 2. The van der Waals surface area contributed by atoms with E-state index >= 15 is 0 Å². The summed E-state index contributed by atoms with van der Waals surface area (Å²) in [6.45, 7) is 3.70. The van der Waals surface area contributed by atoms with Crippen LogP contribution < -0.4 is 5.73 Å². The maximum atomic E-state index is 12.4. The maximum Gasteiger partial charge on any atom is 0.472 e. The average molecular weight is 622 g/mol. The minimum absolute atomic E-state index is 0.0574. The summed E-state index contributed by atoms with van der Waals surface area (Å²) in [7, 11) is -4.35. The lowest BCUT2D eigenvalue weighted by molar-refractivity contribution is -0.161. The van der Waals surface area contributed by atoms with Crippen LogP contribution in [0.15, 0.2) is 0 Å². The van der Waals surface area contributed by atoms with Gasteiger partial charge in [-0.15, -0.1) is 0 Å². The molecular weight excluding hydrogens is 557 g/mol. The Morgan fingerprint density at radius 3 is 1.45 bits per heavy atom. The molecule has 9 nitrogen and oxygen atoms in total. The Morgan fingerprint density at radius 2 is 1.02 bits per heavy atom. The zero-order chi connectivity index (χ0) is 31.2. The lowest BCUT2D eigenvalue weighted by Crippen LogP contribution is -2.29. The van der Waals surface area contributed by atoms with Crippen molar-refractivity contribution in [3.05, 3.63) is 0 Å². The van der Waals surface area contributed by atoms with Crippen molar-refractivity contribution >= 4 is 19.8 Å². The number of rotatable bonds is 32. The summed E-state index contributed by atoms with van der Waals surface area (Å²) >= 11 is 0. The summed E-state index contributed by atoms with van der Waals surface area (Å²) in [5.41, 5.74) is 5.31. The van der Waals surface area contributed by atoms with Crippen molar-refractivity contribution in [2.75, 3.05) is 26.4 Å². The van der Waals surface area contributed by atoms with Crippen LogP contribution in [0.4, 0.5) is 0 Å². The molecule has 0 aliphatic carbocycles. The molecule has 0 amide bonds. The Hall–Kier alpha value is -0.990. The molecule has 0 saturated carbocycles. The average Bonchev–Trinajstić information content (AvgIpc) is 2.97. The molecule has 0 aromatic rings. The predicted molar refractivity (Wildman–Crippen MR) is 169 cm³/mol. The highest BCUT2D eigenvalue weighted by atomic mass is 31.2. The van der Waals surface area contributed by atoms with Crippen molar-refractivity contribution < 1.29 is 37.6 Å². The third-order valence-electron chi connectivity index (χ3n) is 7.24. The van der Waals surface area contributed by atoms with Crippen LogP contribution in [0.5, 0.6) is 0 Å². The second-order valence-corrected chi connectivity index (χ2v) is 12.9. The fraction of sp³-hybridized carbons (Fsp3) is 0.938. The van der Waals surface area contributed by atoms with Crippen molar-refractivity contribution in [2.45, 2.75) is 168 Å². The smallest absolute Gasteiger partial charge is 0.462 e. The van der Waals surface area contributed by atoms with Gasteiger partial charge in [-0.3, -0.25) is 18.6 Å². The zero-order valence-corrected chi connectivity index (χ0v) is 27.9. The van der Waals surface area contributed by atoms with E-state index in [1.54, 1.807) is 0 Å². The van der Waals surface area contributed by atoms with Crippen molar-refractivity contribution in [1.29, 1.82) is 0 Å². The number of nitrogens with two attached hydrogens (primary N) is 1. The number of unbranched alkanes of at least 4 members (excludes halogenated alkanes) is 19. The van der Waals surface area contributed by atoms with Crippen molar-refractivity contribution in [2.24, 2.45) is 5.73 Å². The van der Waals surface area contributed by atoms with Gasteiger partial charge in [-0.05, 0) is 12.8 Å². The third-order valence-corrected chi connectivity index (χ3v) is 8.23. The van der Waals surface area contributed by atoms with E-state index in [2.05, 4.69) is 13.8 Å². The van der Waals surface area contributed by atoms with Gasteiger partial charge >= 0.3 is 19.8 Å². The second kappa shape index (κ2) is 30.1. The van der Waals surface area contributed by atoms with Crippen LogP contribution >= 0.6 is 7.82 Å². The Balaban J connectivity index is 4.27. The van der Waals surface area contributed by atoms with Gasteiger partial charge in [-0.25, -0.2) is 4.57 Å². The van der Waals surface area contributed by atoms with E-state index in [4.69, 9.17) is 24.3 Å². The molecule has 0 saturated heterocycles. The molecule has 2 unspecified atom stereocenters. The molecule has 0 radical (unpaired) electrons. The number of carbonyl (C=O) groups is 2. The highest BCUT2D eigenvalue weighted by molar-refractivity contribution is 7.47. The Kier molecular flexibility index (Phi) is 29.3. The Bertz CT molecular complexity index is 679. The van der Waals surface area contributed by atoms with Crippen LogP contribution in [0.2, 0.25) is 0 Å². The molecule has 10 heteroatoms. The lowest BCUT2D eigenvalue weighted by Gasteiger charge is -2.19. The Morgan fingerprint density at radius 1 is 0.619 bits per heavy atom. The van der Waals surface area contributed by atoms with E-state index in [0.29, 0.717) is 6.42 Å². The Labute approximate surface area is 257 Å². The first-order valence-corrected chi connectivity index (χ1v) is 18.5. The van der Waals surface area contributed by atoms with Gasteiger partial charge in [-0.2, -0.15) is 0 Å². The van der Waals surface area contributed by atoms with E-state index in [0.717, 1.165) is 32.1 Å². The van der Waals surface area contributed by atoms with Crippen molar-refractivity contribution in [1.82, 2.24) is 0 Å². The summed E-state index contributed by atoms with van der Waals surface area (Å²) < 4.78 is 32.5. The summed E-state index contributed by atoms with van der Waals surface area (Å²) in [5.74, 6) is -0.826. The standard InChI is InChI=1S/C32H64NO8P/c1-3-5-7-9-11-13-15-17-18-20-22-24-31(34)38-28-30(29-40-42(36,37)39-27-26-33)41-32(35)25-23-21-19-16-14-12-10-8-6-4-2/h30H,3-29,33H2,1-2H3,(H,36,37). The quantitative estimate of drug-likeness (QED) is 0.0430. The van der Waals surface area contributed by atoms with Crippen LogP contribution in [0.1, 0.15) is 162 Å². The molecule has 3 N–H and O–H groups in total. The number of hydrogen-bond acceptors (Lipinski definition) is 8. The minimum atomic E-state index is -4.35. The van der Waals surface area contributed by atoms with Gasteiger partial charge in [0.1, 0.15) is 6.61 Å². The van der Waals surface area contributed by atoms with E-state index in [1.165, 1.54) is 96.3 Å². The molecule has 0 heterocycles. The van der Waals surface area contributed by atoms with Gasteiger partial charge in [0.25, 0.3) is 0 Å². The van der Waals surface area contributed by atoms with Crippen molar-refractivity contribution in [3.8, 4) is 0 Å². The number of phosphoric acid groups is 1. The predicted octanol–water partition coefficient (Wildman–Crippen LogP) is 8.55. The molecule has 0 aliphatic heterocycles. The van der Waals surface area contributed by atoms with Gasteiger partial charge < -0.3 is 20.1 Å². The molecule has 0 spiro atoms. The monoisotopic (exact) mass is 621 g/mol. The summed E-state index contributed by atoms with van der Waals surface area (Å²) in [6, 6.07) is 0. The molecule has 0 aliphatic rings. The first-order chi connectivity index (χ1) is 20.3. The van der Waals surface area contributed by atoms with Gasteiger partial charge in [0.05, 0.1) is 13.2 Å². The fourth-order valence-electron chi connectivity index (χ4n) is 4.69. The summed E-state index contributed by atoms with van der Waals surface area (Å²) in [6.07, 6.45) is 24.2. The molecule has 42 heavy (non-hydrogen) atoms. The normalized spacial score (nSPS) is 13.5. The molecule has 0 aromatic carbocycles. The molecular formula is C32H64NO8P. The first-order valence-electron chi connectivity index (χ1n) is 17.0. The van der Waals surface area contributed by atoms with Crippen LogP contribution in [-0.4, -0.2) is 49.3 Å². The van der Waals surface area contributed by atoms with E-state index in [-0.39, 0.29) is 38.6 Å². The third kappa shape index (κ3) is 29.1. The highest BCUT2D eigenvalue weighted by Crippen LogP contribution is 2.43. The zero-order valence-electron chi connectivity index (χ0n) is 27.0. The summed E-state index contributed by atoms with van der Waals surface area (Å²) in [4.78, 5) is 34.5. The van der Waals surface area contributed by atoms with E-state index in [1.807, 2.05) is 0 Å². The number of esters is 2. The van der Waals surface area contributed by atoms with Gasteiger partial charge in [0.15, 0.2) is 6.10 Å². The molecule has 0 aromatic heterocycles. The number of phosphoric ester groups is 1. The fourth-order valence-corrected chi connectivity index (χ4v) is 5.46. The van der Waals surface area contributed by atoms with Gasteiger partial charge in [0, 0.05) is 19.4 Å². The van der Waals surface area contributed by atoms with E-state index in [9.17, 15) is 19.0 Å². The number of carbonyl (C=O) groups excluding carboxylic acids is 2. The largest absolute Gasteiger partial charge is 0.472 e. The molecule has 0 rings (SSSR count). The topological polar surface area (TPSA) is 134 Å². The maximum absolute atomic E-state index is 12.4. The molecule has 0 fully saturated rings. The van der Waals surface area contributed by atoms with Crippen molar-refractivity contribution in [3.63, 3.8) is 0 Å². The van der Waals surface area contributed by atoms with E-state index < -0.39 is 26.5 Å². The summed E-state index contributed by atoms with van der Waals surface area (Å²) in [5, 5.41) is 0. The minimum Gasteiger partial charge on any atom is -0.462 e. The van der Waals surface area contributed by atoms with Gasteiger partial charge in [0.2, 0.25) is 0 Å². The second-order valence-electron chi connectivity index (χ2n) is 11.4. The van der Waals surface area contributed by atoms with Crippen LogP contribution in [0.3, 0.4) is 0 Å². The SMILES string of the molecule is CCCCCCCCCCCCCC(=O)OCC(COP(=O)(O)OCCN)OC(=O)CCCCCCCCCCCC. The molecule has 2 atom stereocenters. The van der Waals surface area contributed by atoms with Crippen LogP contribution in [0, 0.1) is 0 Å². The number of ether oxygens (including phenoxy) is 2. The highest BCUT2D eigenvalue weighted by Gasteiger charge is 2.25. The molecule has 250 valence electrons.